The van der Waals surface area contributed by atoms with E-state index in [2.05, 4.69) is 15.1 Å². The van der Waals surface area contributed by atoms with Gasteiger partial charge in [0.05, 0.1) is 16.8 Å². The van der Waals surface area contributed by atoms with Crippen molar-refractivity contribution in [3.63, 3.8) is 0 Å². The van der Waals surface area contributed by atoms with Crippen molar-refractivity contribution in [2.45, 2.75) is 31.3 Å². The first-order valence-corrected chi connectivity index (χ1v) is 10.3. The molecule has 1 amide bonds. The average molecular weight is 398 g/mol. The molecular weight excluding hydrogens is 376 g/mol. The number of nitrogens with one attached hydrogen (secondary N) is 2. The van der Waals surface area contributed by atoms with Crippen LogP contribution in [-0.4, -0.2) is 30.1 Å². The molecule has 2 N–H and O–H groups in total. The first-order chi connectivity index (χ1) is 13.3. The second kappa shape index (κ2) is 8.37. The van der Waals surface area contributed by atoms with Crippen molar-refractivity contribution < 1.29 is 13.2 Å². The standard InChI is InChI=1S/C20H22N4O3S/c1-15(2)23-28(26,27)19-10-8-17(9-11-19)20(25)21-12-16-13-22-24(14-16)18-6-4-3-5-7-18/h3-11,13-15,23H,12H2,1-2H3,(H,21,25). The van der Waals surface area contributed by atoms with E-state index in [-0.39, 0.29) is 16.8 Å². The van der Waals surface area contributed by atoms with Gasteiger partial charge in [0.2, 0.25) is 10.0 Å². The summed E-state index contributed by atoms with van der Waals surface area (Å²) in [5.74, 6) is -0.284. The SMILES string of the molecule is CC(C)NS(=O)(=O)c1ccc(C(=O)NCc2cnn(-c3ccccc3)c2)cc1. The van der Waals surface area contributed by atoms with E-state index in [1.54, 1.807) is 24.7 Å². The molecule has 146 valence electrons. The molecule has 0 saturated carbocycles. The molecule has 0 saturated heterocycles. The molecule has 0 radical (unpaired) electrons. The Bertz CT molecular complexity index is 1040. The van der Waals surface area contributed by atoms with E-state index >= 15 is 0 Å². The number of benzene rings is 2. The van der Waals surface area contributed by atoms with Gasteiger partial charge in [0, 0.05) is 29.9 Å². The Kier molecular flexibility index (Phi) is 5.91. The Balaban J connectivity index is 1.62. The maximum Gasteiger partial charge on any atom is 0.251 e. The van der Waals surface area contributed by atoms with Crippen molar-refractivity contribution in [1.82, 2.24) is 19.8 Å². The van der Waals surface area contributed by atoms with Crippen molar-refractivity contribution >= 4 is 15.9 Å². The molecule has 0 unspecified atom stereocenters. The van der Waals surface area contributed by atoms with Crippen LogP contribution in [0.15, 0.2) is 71.9 Å². The zero-order valence-corrected chi connectivity index (χ0v) is 16.5. The highest BCUT2D eigenvalue weighted by molar-refractivity contribution is 7.89. The van der Waals surface area contributed by atoms with Gasteiger partial charge in [0.1, 0.15) is 0 Å². The minimum Gasteiger partial charge on any atom is -0.348 e. The lowest BCUT2D eigenvalue weighted by Gasteiger charge is -2.10. The monoisotopic (exact) mass is 398 g/mol. The lowest BCUT2D eigenvalue weighted by molar-refractivity contribution is 0.0951. The van der Waals surface area contributed by atoms with Crippen molar-refractivity contribution in [2.24, 2.45) is 0 Å². The van der Waals surface area contributed by atoms with Crippen LogP contribution in [0.4, 0.5) is 0 Å². The Morgan fingerprint density at radius 1 is 1.07 bits per heavy atom. The number of hydrogen-bond acceptors (Lipinski definition) is 4. The van der Waals surface area contributed by atoms with E-state index in [0.717, 1.165) is 11.3 Å². The van der Waals surface area contributed by atoms with E-state index in [1.165, 1.54) is 24.3 Å². The Labute approximate surface area is 164 Å². The van der Waals surface area contributed by atoms with E-state index in [0.29, 0.717) is 12.1 Å². The van der Waals surface area contributed by atoms with Gasteiger partial charge in [-0.2, -0.15) is 5.10 Å². The Hall–Kier alpha value is -2.97. The molecule has 1 heterocycles. The number of carbonyl (C=O) groups excluding carboxylic acids is 1. The number of rotatable bonds is 7. The number of nitrogens with zero attached hydrogens (tertiary/aromatic N) is 2. The van der Waals surface area contributed by atoms with E-state index in [9.17, 15) is 13.2 Å². The van der Waals surface area contributed by atoms with E-state index < -0.39 is 10.0 Å². The van der Waals surface area contributed by atoms with Crippen LogP contribution in [0.5, 0.6) is 0 Å². The van der Waals surface area contributed by atoms with Crippen molar-refractivity contribution in [2.75, 3.05) is 0 Å². The predicted molar refractivity (Wildman–Crippen MR) is 107 cm³/mol. The van der Waals surface area contributed by atoms with Crippen molar-refractivity contribution in [1.29, 1.82) is 0 Å². The second-order valence-electron chi connectivity index (χ2n) is 6.61. The number of hydrogen-bond donors (Lipinski definition) is 2. The molecule has 0 bridgehead atoms. The summed E-state index contributed by atoms with van der Waals surface area (Å²) in [5.41, 5.74) is 2.18. The summed E-state index contributed by atoms with van der Waals surface area (Å²) in [4.78, 5) is 12.5. The van der Waals surface area contributed by atoms with Gasteiger partial charge < -0.3 is 5.32 Å². The van der Waals surface area contributed by atoms with Crippen molar-refractivity contribution in [3.8, 4) is 5.69 Å². The fraction of sp³-hybridized carbons (Fsp3) is 0.200. The Morgan fingerprint density at radius 3 is 2.39 bits per heavy atom. The molecule has 7 nitrogen and oxygen atoms in total. The van der Waals surface area contributed by atoms with E-state index in [4.69, 9.17) is 0 Å². The van der Waals surface area contributed by atoms with Gasteiger partial charge in [-0.3, -0.25) is 4.79 Å². The highest BCUT2D eigenvalue weighted by Gasteiger charge is 2.16. The van der Waals surface area contributed by atoms with E-state index in [1.807, 2.05) is 36.5 Å². The van der Waals surface area contributed by atoms with Crippen LogP contribution in [0.25, 0.3) is 5.69 Å². The molecule has 0 aliphatic rings. The molecule has 0 atom stereocenters. The Morgan fingerprint density at radius 2 is 1.75 bits per heavy atom. The topological polar surface area (TPSA) is 93.1 Å². The summed E-state index contributed by atoms with van der Waals surface area (Å²) in [6, 6.07) is 15.3. The van der Waals surface area contributed by atoms with Crippen LogP contribution in [0.1, 0.15) is 29.8 Å². The van der Waals surface area contributed by atoms with Crippen LogP contribution in [-0.2, 0) is 16.6 Å². The first-order valence-electron chi connectivity index (χ1n) is 8.85. The molecule has 0 spiro atoms. The van der Waals surface area contributed by atoms with Crippen LogP contribution in [0, 0.1) is 0 Å². The minimum atomic E-state index is -3.57. The van der Waals surface area contributed by atoms with Crippen LogP contribution < -0.4 is 10.0 Å². The van der Waals surface area contributed by atoms with Crippen LogP contribution >= 0.6 is 0 Å². The molecule has 3 aromatic rings. The van der Waals surface area contributed by atoms with Gasteiger partial charge in [0.25, 0.3) is 5.91 Å². The summed E-state index contributed by atoms with van der Waals surface area (Å²) >= 11 is 0. The number of aromatic nitrogens is 2. The molecule has 0 aliphatic carbocycles. The minimum absolute atomic E-state index is 0.127. The smallest absolute Gasteiger partial charge is 0.251 e. The third-order valence-corrected chi connectivity index (χ3v) is 5.60. The van der Waals surface area contributed by atoms with Crippen LogP contribution in [0.3, 0.4) is 0 Å². The maximum atomic E-state index is 12.3. The number of carbonyl (C=O) groups is 1. The normalized spacial score (nSPS) is 11.5. The van der Waals surface area contributed by atoms with Gasteiger partial charge >= 0.3 is 0 Å². The van der Waals surface area contributed by atoms with Gasteiger partial charge in [0.15, 0.2) is 0 Å². The van der Waals surface area contributed by atoms with Crippen LogP contribution in [0.2, 0.25) is 0 Å². The molecule has 1 aromatic heterocycles. The second-order valence-corrected chi connectivity index (χ2v) is 8.33. The lowest BCUT2D eigenvalue weighted by atomic mass is 10.2. The molecular formula is C20H22N4O3S. The summed E-state index contributed by atoms with van der Waals surface area (Å²) in [5, 5.41) is 7.10. The molecule has 8 heteroatoms. The molecule has 0 fully saturated rings. The zero-order chi connectivity index (χ0) is 20.1. The highest BCUT2D eigenvalue weighted by Crippen LogP contribution is 2.12. The largest absolute Gasteiger partial charge is 0.348 e. The number of amides is 1. The first kappa shape index (κ1) is 19.8. The third-order valence-electron chi connectivity index (χ3n) is 3.93. The molecule has 2 aromatic carbocycles. The summed E-state index contributed by atoms with van der Waals surface area (Å²) < 4.78 is 28.5. The molecule has 28 heavy (non-hydrogen) atoms. The number of sulfonamides is 1. The van der Waals surface area contributed by atoms with Gasteiger partial charge in [-0.15, -0.1) is 0 Å². The van der Waals surface area contributed by atoms with Gasteiger partial charge in [-0.05, 0) is 50.2 Å². The highest BCUT2D eigenvalue weighted by atomic mass is 32.2. The number of para-hydroxylation sites is 1. The molecule has 0 aliphatic heterocycles. The third kappa shape index (κ3) is 4.85. The summed E-state index contributed by atoms with van der Waals surface area (Å²) in [6.45, 7) is 3.82. The maximum absolute atomic E-state index is 12.3. The molecule has 3 rings (SSSR count). The average Bonchev–Trinajstić information content (AvgIpc) is 3.15. The fourth-order valence-electron chi connectivity index (χ4n) is 2.62. The predicted octanol–water partition coefficient (Wildman–Crippen LogP) is 2.49. The summed E-state index contributed by atoms with van der Waals surface area (Å²) in [7, 11) is -3.57. The lowest BCUT2D eigenvalue weighted by Crippen LogP contribution is -2.30. The zero-order valence-electron chi connectivity index (χ0n) is 15.7. The van der Waals surface area contributed by atoms with Gasteiger partial charge in [-0.25, -0.2) is 17.8 Å². The fourth-order valence-corrected chi connectivity index (χ4v) is 3.87. The van der Waals surface area contributed by atoms with Crippen molar-refractivity contribution in [3.05, 3.63) is 78.1 Å². The summed E-state index contributed by atoms with van der Waals surface area (Å²) in [6.07, 6.45) is 3.55. The quantitative estimate of drug-likeness (QED) is 0.639. The van der Waals surface area contributed by atoms with Gasteiger partial charge in [-0.1, -0.05) is 18.2 Å².